The lowest BCUT2D eigenvalue weighted by Gasteiger charge is -2.31. The summed E-state index contributed by atoms with van der Waals surface area (Å²) in [5, 5.41) is 10.5. The maximum Gasteiger partial charge on any atom is 0.246 e. The number of methoxy groups -OCH3 is 1. The lowest BCUT2D eigenvalue weighted by atomic mass is 9.79. The molecule has 1 saturated heterocycles. The Balaban J connectivity index is 2.51. The second kappa shape index (κ2) is 5.22. The molecule has 0 amide bonds. The van der Waals surface area contributed by atoms with Crippen LogP contribution in [0.4, 0.5) is 0 Å². The highest BCUT2D eigenvalue weighted by atomic mass is 32.2. The minimum atomic E-state index is -3.71. The Labute approximate surface area is 133 Å². The van der Waals surface area contributed by atoms with Gasteiger partial charge in [0.15, 0.2) is 0 Å². The number of hydrogen-bond acceptors (Lipinski definition) is 4. The van der Waals surface area contributed by atoms with E-state index < -0.39 is 21.0 Å². The number of β-amino-alcohol motifs (C(OH)–C–C–N with tert-alkyl or cyclic N) is 1. The molecule has 124 valence electrons. The van der Waals surface area contributed by atoms with E-state index in [-0.39, 0.29) is 18.0 Å². The summed E-state index contributed by atoms with van der Waals surface area (Å²) in [7, 11) is -2.25. The summed E-state index contributed by atoms with van der Waals surface area (Å²) in [6, 6.07) is 3.38. The predicted molar refractivity (Wildman–Crippen MR) is 85.6 cm³/mol. The van der Waals surface area contributed by atoms with Crippen LogP contribution in [-0.4, -0.2) is 43.6 Å². The molecule has 22 heavy (non-hydrogen) atoms. The summed E-state index contributed by atoms with van der Waals surface area (Å²) in [6.45, 7) is 9.58. The summed E-state index contributed by atoms with van der Waals surface area (Å²) < 4.78 is 32.6. The number of benzene rings is 1. The molecule has 0 radical (unpaired) electrons. The van der Waals surface area contributed by atoms with Gasteiger partial charge < -0.3 is 9.84 Å². The third kappa shape index (κ3) is 2.64. The smallest absolute Gasteiger partial charge is 0.246 e. The highest BCUT2D eigenvalue weighted by Gasteiger charge is 2.51. The molecule has 5 nitrogen and oxygen atoms in total. The van der Waals surface area contributed by atoms with E-state index in [2.05, 4.69) is 0 Å². The fourth-order valence-corrected chi connectivity index (χ4v) is 4.57. The van der Waals surface area contributed by atoms with E-state index in [1.54, 1.807) is 19.1 Å². The largest absolute Gasteiger partial charge is 0.495 e. The van der Waals surface area contributed by atoms with Gasteiger partial charge in [0.25, 0.3) is 0 Å². The molecular weight excluding hydrogens is 302 g/mol. The van der Waals surface area contributed by atoms with Crippen LogP contribution in [0.5, 0.6) is 5.75 Å². The zero-order valence-corrected chi connectivity index (χ0v) is 14.9. The van der Waals surface area contributed by atoms with Crippen LogP contribution < -0.4 is 4.74 Å². The van der Waals surface area contributed by atoms with E-state index >= 15 is 0 Å². The van der Waals surface area contributed by atoms with Crippen LogP contribution in [0.2, 0.25) is 0 Å². The number of hydrogen-bond donors (Lipinski definition) is 1. The van der Waals surface area contributed by atoms with Crippen LogP contribution in [0.15, 0.2) is 17.0 Å². The van der Waals surface area contributed by atoms with Gasteiger partial charge in [-0.05, 0) is 44.0 Å². The molecule has 1 aliphatic heterocycles. The zero-order valence-electron chi connectivity index (χ0n) is 14.1. The first-order valence-electron chi connectivity index (χ1n) is 7.30. The summed E-state index contributed by atoms with van der Waals surface area (Å²) in [5.41, 5.74) is 0.300. The fraction of sp³-hybridized carbons (Fsp3) is 0.625. The van der Waals surface area contributed by atoms with E-state index in [0.29, 0.717) is 5.75 Å². The lowest BCUT2D eigenvalue weighted by molar-refractivity contribution is -0.0100. The normalized spacial score (nSPS) is 25.4. The first kappa shape index (κ1) is 17.2. The van der Waals surface area contributed by atoms with Gasteiger partial charge in [0.2, 0.25) is 10.0 Å². The van der Waals surface area contributed by atoms with Gasteiger partial charge >= 0.3 is 0 Å². The van der Waals surface area contributed by atoms with Crippen molar-refractivity contribution < 1.29 is 18.3 Å². The number of aryl methyl sites for hydroxylation is 2. The van der Waals surface area contributed by atoms with Gasteiger partial charge in [-0.25, -0.2) is 8.42 Å². The Morgan fingerprint density at radius 1 is 1.14 bits per heavy atom. The van der Waals surface area contributed by atoms with E-state index in [1.807, 2.05) is 27.7 Å². The van der Waals surface area contributed by atoms with Gasteiger partial charge in [-0.15, -0.1) is 0 Å². The molecule has 1 heterocycles. The highest BCUT2D eigenvalue weighted by molar-refractivity contribution is 7.89. The Morgan fingerprint density at radius 2 is 1.68 bits per heavy atom. The Kier molecular flexibility index (Phi) is 4.09. The quantitative estimate of drug-likeness (QED) is 0.923. The standard InChI is InChI=1S/C16H25NO4S/c1-11-7-13(21-6)14(8-12(11)2)22(19,20)17-9-15(3,4)16(5,18)10-17/h7-8,18H,9-10H2,1-6H3/t16-/m1/s1. The SMILES string of the molecule is COc1cc(C)c(C)cc1S(=O)(=O)N1CC(C)(C)[C@](C)(O)C1. The molecule has 1 atom stereocenters. The van der Waals surface area contributed by atoms with Crippen molar-refractivity contribution in [2.45, 2.75) is 45.1 Å². The van der Waals surface area contributed by atoms with Crippen LogP contribution in [0.3, 0.4) is 0 Å². The first-order chi connectivity index (χ1) is 9.92. The molecule has 1 aromatic carbocycles. The molecule has 2 rings (SSSR count). The monoisotopic (exact) mass is 327 g/mol. The van der Waals surface area contributed by atoms with Crippen molar-refractivity contribution in [3.63, 3.8) is 0 Å². The maximum absolute atomic E-state index is 13.0. The minimum Gasteiger partial charge on any atom is -0.495 e. The van der Waals surface area contributed by atoms with Crippen LogP contribution in [0, 0.1) is 19.3 Å². The molecular formula is C16H25NO4S. The van der Waals surface area contributed by atoms with Crippen molar-refractivity contribution in [2.24, 2.45) is 5.41 Å². The molecule has 0 aliphatic carbocycles. The van der Waals surface area contributed by atoms with Crippen LogP contribution in [0.25, 0.3) is 0 Å². The zero-order chi connectivity index (χ0) is 16.9. The molecule has 1 N–H and O–H groups in total. The molecule has 0 spiro atoms. The van der Waals surface area contributed by atoms with Gasteiger partial charge in [0.05, 0.1) is 12.7 Å². The van der Waals surface area contributed by atoms with Gasteiger partial charge in [-0.2, -0.15) is 4.31 Å². The highest BCUT2D eigenvalue weighted by Crippen LogP contribution is 2.42. The molecule has 6 heteroatoms. The average molecular weight is 327 g/mol. The minimum absolute atomic E-state index is 0.0818. The summed E-state index contributed by atoms with van der Waals surface area (Å²) >= 11 is 0. The van der Waals surface area contributed by atoms with Crippen LogP contribution in [-0.2, 0) is 10.0 Å². The topological polar surface area (TPSA) is 66.8 Å². The lowest BCUT2D eigenvalue weighted by Crippen LogP contribution is -2.40. The van der Waals surface area contributed by atoms with Crippen molar-refractivity contribution in [3.05, 3.63) is 23.3 Å². The average Bonchev–Trinajstić information content (AvgIpc) is 2.61. The number of aliphatic hydroxyl groups is 1. The van der Waals surface area contributed by atoms with Gasteiger partial charge in [-0.1, -0.05) is 13.8 Å². The van der Waals surface area contributed by atoms with Crippen molar-refractivity contribution in [1.29, 1.82) is 0 Å². The number of ether oxygens (including phenoxy) is 1. The molecule has 0 aromatic heterocycles. The van der Waals surface area contributed by atoms with Gasteiger partial charge in [0.1, 0.15) is 10.6 Å². The molecule has 0 bridgehead atoms. The van der Waals surface area contributed by atoms with E-state index in [4.69, 9.17) is 4.74 Å². The fourth-order valence-electron chi connectivity index (χ4n) is 2.66. The molecule has 1 aromatic rings. The van der Waals surface area contributed by atoms with Crippen molar-refractivity contribution in [3.8, 4) is 5.75 Å². The number of rotatable bonds is 3. The van der Waals surface area contributed by atoms with E-state index in [9.17, 15) is 13.5 Å². The Bertz CT molecular complexity index is 676. The molecule has 1 aliphatic rings. The van der Waals surface area contributed by atoms with Crippen molar-refractivity contribution in [2.75, 3.05) is 20.2 Å². The molecule has 0 saturated carbocycles. The van der Waals surface area contributed by atoms with Crippen molar-refractivity contribution >= 4 is 10.0 Å². The predicted octanol–water partition coefficient (Wildman–Crippen LogP) is 2.09. The number of sulfonamides is 1. The first-order valence-corrected chi connectivity index (χ1v) is 8.74. The third-order valence-corrected chi connectivity index (χ3v) is 6.72. The summed E-state index contributed by atoms with van der Waals surface area (Å²) in [5.74, 6) is 0.340. The number of nitrogens with zero attached hydrogens (tertiary/aromatic N) is 1. The van der Waals surface area contributed by atoms with E-state index in [0.717, 1.165) is 11.1 Å². The molecule has 1 fully saturated rings. The van der Waals surface area contributed by atoms with Gasteiger partial charge in [0, 0.05) is 18.5 Å². The molecule has 0 unspecified atom stereocenters. The Morgan fingerprint density at radius 3 is 2.14 bits per heavy atom. The summed E-state index contributed by atoms with van der Waals surface area (Å²) in [6.07, 6.45) is 0. The third-order valence-electron chi connectivity index (χ3n) is 4.91. The van der Waals surface area contributed by atoms with Crippen molar-refractivity contribution in [1.82, 2.24) is 4.31 Å². The van der Waals surface area contributed by atoms with E-state index in [1.165, 1.54) is 11.4 Å². The maximum atomic E-state index is 13.0. The summed E-state index contributed by atoms with van der Waals surface area (Å²) in [4.78, 5) is 0.159. The van der Waals surface area contributed by atoms with Crippen LogP contribution >= 0.6 is 0 Å². The second-order valence-electron chi connectivity index (χ2n) is 7.02. The van der Waals surface area contributed by atoms with Crippen LogP contribution in [0.1, 0.15) is 31.9 Å². The van der Waals surface area contributed by atoms with Gasteiger partial charge in [-0.3, -0.25) is 0 Å². The second-order valence-corrected chi connectivity index (χ2v) is 8.92. The Hall–Kier alpha value is -1.11.